The van der Waals surface area contributed by atoms with Gasteiger partial charge in [0, 0.05) is 53.1 Å². The average Bonchev–Trinajstić information content (AvgIpc) is 3.12. The van der Waals surface area contributed by atoms with Crippen molar-refractivity contribution in [2.45, 2.75) is 45.7 Å². The van der Waals surface area contributed by atoms with Crippen molar-refractivity contribution in [2.24, 2.45) is 5.92 Å². The first-order valence-corrected chi connectivity index (χ1v) is 11.4. The molecule has 0 saturated heterocycles. The summed E-state index contributed by atoms with van der Waals surface area (Å²) in [5.74, 6) is -0.167. The van der Waals surface area contributed by atoms with E-state index in [1.165, 1.54) is 29.0 Å². The van der Waals surface area contributed by atoms with E-state index in [1.54, 1.807) is 12.1 Å². The zero-order valence-electron chi connectivity index (χ0n) is 18.9. The molecule has 1 aliphatic carbocycles. The van der Waals surface area contributed by atoms with E-state index in [0.29, 0.717) is 6.54 Å². The monoisotopic (exact) mass is 442 g/mol. The minimum Gasteiger partial charge on any atom is -0.353 e. The van der Waals surface area contributed by atoms with Gasteiger partial charge in [0.15, 0.2) is 0 Å². The molecule has 4 aromatic rings. The minimum atomic E-state index is -0.222. The van der Waals surface area contributed by atoms with E-state index in [1.807, 2.05) is 32.3 Å². The third-order valence-corrected chi connectivity index (χ3v) is 6.46. The molecule has 1 N–H and O–H groups in total. The Labute approximate surface area is 192 Å². The van der Waals surface area contributed by atoms with Crippen LogP contribution >= 0.6 is 0 Å². The maximum Gasteiger partial charge on any atom is 0.222 e. The van der Waals surface area contributed by atoms with Gasteiger partial charge in [0.25, 0.3) is 0 Å². The van der Waals surface area contributed by atoms with E-state index >= 15 is 0 Å². The summed E-state index contributed by atoms with van der Waals surface area (Å²) in [5, 5.41) is 4.39. The second-order valence-corrected chi connectivity index (χ2v) is 9.10. The number of nitrogens with one attached hydrogen (secondary N) is 1. The lowest BCUT2D eigenvalue weighted by atomic mass is 9.90. The summed E-state index contributed by atoms with van der Waals surface area (Å²) in [4.78, 5) is 20.7. The second-order valence-electron chi connectivity index (χ2n) is 9.10. The number of nitrogens with zero attached hydrogens (tertiary/aromatic N) is 3. The molecule has 5 rings (SSSR count). The minimum absolute atomic E-state index is 0.0367. The van der Waals surface area contributed by atoms with Gasteiger partial charge < -0.3 is 9.88 Å². The molecular formula is C27H27FN4O. The van der Waals surface area contributed by atoms with Gasteiger partial charge in [-0.25, -0.2) is 14.4 Å². The van der Waals surface area contributed by atoms with Crippen LogP contribution in [0.1, 0.15) is 37.1 Å². The number of amides is 1. The van der Waals surface area contributed by atoms with E-state index in [9.17, 15) is 9.18 Å². The first-order chi connectivity index (χ1) is 16.0. The molecule has 0 spiro atoms. The number of halogens is 1. The Balaban J connectivity index is 1.59. The highest BCUT2D eigenvalue weighted by Gasteiger charge is 2.27. The summed E-state index contributed by atoms with van der Waals surface area (Å²) in [5.41, 5.74) is 6.62. The predicted octanol–water partition coefficient (Wildman–Crippen LogP) is 4.92. The maximum atomic E-state index is 13.9. The summed E-state index contributed by atoms with van der Waals surface area (Å²) >= 11 is 0. The quantitative estimate of drug-likeness (QED) is 0.478. The smallest absolute Gasteiger partial charge is 0.222 e. The van der Waals surface area contributed by atoms with Gasteiger partial charge >= 0.3 is 0 Å². The van der Waals surface area contributed by atoms with Gasteiger partial charge in [-0.3, -0.25) is 4.79 Å². The van der Waals surface area contributed by atoms with Gasteiger partial charge in [0.1, 0.15) is 12.1 Å². The Morgan fingerprint density at radius 2 is 1.97 bits per heavy atom. The molecule has 5 nitrogen and oxygen atoms in total. The molecule has 168 valence electrons. The van der Waals surface area contributed by atoms with E-state index < -0.39 is 0 Å². The standard InChI is InChI=1S/C27H27FN4O/c1-17(2)27(33)31-22-7-9-26-24(12-22)23-11-19(20-13-29-16-30-14-20)6-8-25(23)32(26)15-18-4-3-5-21(28)10-18/h3-6,8,10-11,13-14,16-17,22H,7,9,12,15H2,1-2H3,(H,31,33). The molecule has 0 bridgehead atoms. The van der Waals surface area contributed by atoms with Crippen LogP contribution in [-0.4, -0.2) is 26.5 Å². The van der Waals surface area contributed by atoms with Crippen LogP contribution < -0.4 is 5.32 Å². The molecule has 0 radical (unpaired) electrons. The van der Waals surface area contributed by atoms with Gasteiger partial charge in [-0.15, -0.1) is 0 Å². The largest absolute Gasteiger partial charge is 0.353 e. The maximum absolute atomic E-state index is 13.9. The van der Waals surface area contributed by atoms with E-state index in [2.05, 4.69) is 38.1 Å². The number of benzene rings is 2. The van der Waals surface area contributed by atoms with Crippen LogP contribution in [0.15, 0.2) is 61.2 Å². The lowest BCUT2D eigenvalue weighted by Gasteiger charge is -2.26. The summed E-state index contributed by atoms with van der Waals surface area (Å²) in [7, 11) is 0. The Morgan fingerprint density at radius 3 is 2.73 bits per heavy atom. The molecule has 2 aromatic carbocycles. The van der Waals surface area contributed by atoms with Crippen molar-refractivity contribution in [3.8, 4) is 11.1 Å². The molecule has 2 heterocycles. The Bertz CT molecular complexity index is 1310. The molecule has 1 unspecified atom stereocenters. The van der Waals surface area contributed by atoms with Crippen LogP contribution in [0.3, 0.4) is 0 Å². The van der Waals surface area contributed by atoms with Crippen molar-refractivity contribution in [1.29, 1.82) is 0 Å². The van der Waals surface area contributed by atoms with Crippen LogP contribution in [0.4, 0.5) is 4.39 Å². The molecule has 0 aliphatic heterocycles. The topological polar surface area (TPSA) is 59.8 Å². The number of carbonyl (C=O) groups excluding carboxylic acids is 1. The molecule has 0 fully saturated rings. The van der Waals surface area contributed by atoms with Gasteiger partial charge in [0.05, 0.1) is 0 Å². The van der Waals surface area contributed by atoms with Crippen LogP contribution in [0.5, 0.6) is 0 Å². The van der Waals surface area contributed by atoms with Crippen molar-refractivity contribution in [3.05, 3.63) is 83.8 Å². The fraction of sp³-hybridized carbons (Fsp3) is 0.296. The molecule has 1 aliphatic rings. The Hall–Kier alpha value is -3.54. The molecule has 1 atom stereocenters. The first kappa shape index (κ1) is 21.3. The highest BCUT2D eigenvalue weighted by molar-refractivity contribution is 5.90. The predicted molar refractivity (Wildman–Crippen MR) is 127 cm³/mol. The third-order valence-electron chi connectivity index (χ3n) is 6.46. The number of hydrogen-bond acceptors (Lipinski definition) is 3. The lowest BCUT2D eigenvalue weighted by Crippen LogP contribution is -2.41. The van der Waals surface area contributed by atoms with Crippen molar-refractivity contribution >= 4 is 16.8 Å². The molecule has 1 amide bonds. The summed E-state index contributed by atoms with van der Waals surface area (Å²) < 4.78 is 16.2. The number of rotatable bonds is 5. The van der Waals surface area contributed by atoms with Gasteiger partial charge in [-0.2, -0.15) is 0 Å². The molecule has 0 saturated carbocycles. The van der Waals surface area contributed by atoms with Gasteiger partial charge in [0.2, 0.25) is 5.91 Å². The zero-order chi connectivity index (χ0) is 22.9. The van der Waals surface area contributed by atoms with Crippen molar-refractivity contribution in [3.63, 3.8) is 0 Å². The van der Waals surface area contributed by atoms with Crippen molar-refractivity contribution in [1.82, 2.24) is 19.9 Å². The SMILES string of the molecule is CC(C)C(=O)NC1CCc2c(c3cc(-c4cncnc4)ccc3n2Cc2cccc(F)c2)C1. The van der Waals surface area contributed by atoms with Gasteiger partial charge in [-0.1, -0.05) is 32.0 Å². The number of carbonyl (C=O) groups is 1. The van der Waals surface area contributed by atoms with Crippen LogP contribution in [0.2, 0.25) is 0 Å². The normalized spacial score (nSPS) is 15.6. The highest BCUT2D eigenvalue weighted by atomic mass is 19.1. The van der Waals surface area contributed by atoms with Crippen molar-refractivity contribution < 1.29 is 9.18 Å². The van der Waals surface area contributed by atoms with Crippen LogP contribution in [0.25, 0.3) is 22.0 Å². The van der Waals surface area contributed by atoms with E-state index in [0.717, 1.165) is 41.5 Å². The Kier molecular flexibility index (Phi) is 5.67. The molecule has 33 heavy (non-hydrogen) atoms. The zero-order valence-corrected chi connectivity index (χ0v) is 18.9. The first-order valence-electron chi connectivity index (χ1n) is 11.4. The molecular weight excluding hydrogens is 415 g/mol. The lowest BCUT2D eigenvalue weighted by molar-refractivity contribution is -0.124. The van der Waals surface area contributed by atoms with Crippen LogP contribution in [-0.2, 0) is 24.2 Å². The summed E-state index contributed by atoms with van der Waals surface area (Å²) in [6.07, 6.45) is 7.71. The van der Waals surface area contributed by atoms with Gasteiger partial charge in [-0.05, 0) is 60.2 Å². The number of aromatic nitrogens is 3. The average molecular weight is 443 g/mol. The van der Waals surface area contributed by atoms with Crippen LogP contribution in [0, 0.1) is 11.7 Å². The van der Waals surface area contributed by atoms with E-state index in [-0.39, 0.29) is 23.7 Å². The van der Waals surface area contributed by atoms with Crippen molar-refractivity contribution in [2.75, 3.05) is 0 Å². The molecule has 6 heteroatoms. The third kappa shape index (κ3) is 4.25. The second kappa shape index (κ2) is 8.77. The fourth-order valence-electron chi connectivity index (χ4n) is 4.77. The van der Waals surface area contributed by atoms with E-state index in [4.69, 9.17) is 0 Å². The summed E-state index contributed by atoms with van der Waals surface area (Å²) in [6.45, 7) is 4.45. The number of fused-ring (bicyclic) bond motifs is 3. The fourth-order valence-corrected chi connectivity index (χ4v) is 4.77. The number of hydrogen-bond donors (Lipinski definition) is 1. The highest BCUT2D eigenvalue weighted by Crippen LogP contribution is 2.35. The summed E-state index contributed by atoms with van der Waals surface area (Å²) in [6, 6.07) is 13.3. The molecule has 2 aromatic heterocycles. The Morgan fingerprint density at radius 1 is 1.15 bits per heavy atom.